The highest BCUT2D eigenvalue weighted by Gasteiger charge is 2.14. The molecule has 0 radical (unpaired) electrons. The van der Waals surface area contributed by atoms with Crippen molar-refractivity contribution in [2.24, 2.45) is 12.0 Å². The molecule has 1 aromatic heterocycles. The molecule has 0 unspecified atom stereocenters. The molecule has 0 aliphatic heterocycles. The fourth-order valence-electron chi connectivity index (χ4n) is 2.41. The molecule has 1 aromatic carbocycles. The molecule has 0 amide bonds. The van der Waals surface area contributed by atoms with Gasteiger partial charge in [-0.1, -0.05) is 18.2 Å². The van der Waals surface area contributed by atoms with Crippen LogP contribution in [0.2, 0.25) is 0 Å². The number of aliphatic imine (C=N–C) groups is 1. The number of guanidine groups is 1. The third-order valence-electron chi connectivity index (χ3n) is 3.52. The van der Waals surface area contributed by atoms with Crippen LogP contribution in [-0.2, 0) is 20.0 Å². The Kier molecular flexibility index (Phi) is 8.91. The molecule has 0 aliphatic rings. The van der Waals surface area contributed by atoms with Crippen LogP contribution >= 0.6 is 24.0 Å². The predicted octanol–water partition coefficient (Wildman–Crippen LogP) is 3.12. The Morgan fingerprint density at radius 2 is 1.96 bits per heavy atom. The number of rotatable bonds is 6. The molecule has 0 saturated carbocycles. The highest BCUT2D eigenvalue weighted by Crippen LogP contribution is 2.22. The number of hydrogen-bond acceptors (Lipinski definition) is 3. The Bertz CT molecular complexity index is 706. The first-order valence-corrected chi connectivity index (χ1v) is 8.56. The summed E-state index contributed by atoms with van der Waals surface area (Å²) in [5.41, 5.74) is 2.08. The van der Waals surface area contributed by atoms with Crippen molar-refractivity contribution in [2.75, 3.05) is 13.6 Å². The van der Waals surface area contributed by atoms with Crippen LogP contribution in [0.5, 0.6) is 5.75 Å². The van der Waals surface area contributed by atoms with Gasteiger partial charge in [-0.05, 0) is 38.8 Å². The fourth-order valence-corrected chi connectivity index (χ4v) is 2.41. The Hall–Kier alpha value is -1.77. The monoisotopic (exact) mass is 471 g/mol. The van der Waals surface area contributed by atoms with Gasteiger partial charge in [-0.25, -0.2) is 0 Å². The zero-order valence-electron chi connectivity index (χ0n) is 16.2. The number of nitrogens with zero attached hydrogens (tertiary/aromatic N) is 3. The Labute approximate surface area is 173 Å². The molecule has 2 N–H and O–H groups in total. The third-order valence-corrected chi connectivity index (χ3v) is 3.52. The van der Waals surface area contributed by atoms with Crippen LogP contribution in [0, 0.1) is 0 Å². The van der Waals surface area contributed by atoms with E-state index < -0.39 is 0 Å². The van der Waals surface area contributed by atoms with E-state index in [2.05, 4.69) is 47.6 Å². The van der Waals surface area contributed by atoms with E-state index in [4.69, 9.17) is 4.74 Å². The van der Waals surface area contributed by atoms with Gasteiger partial charge in [-0.2, -0.15) is 5.10 Å². The standard InChI is InChI=1S/C19H29N5O.HI/c1-19(2,3)25-17-9-7-6-8-16(17)13-22-18(20-4)21-11-10-15-12-23-24(5)14-15;/h6-9,12,14H,10-11,13H2,1-5H3,(H2,20,21,22);1H. The van der Waals surface area contributed by atoms with Crippen molar-refractivity contribution >= 4 is 29.9 Å². The summed E-state index contributed by atoms with van der Waals surface area (Å²) in [6.45, 7) is 7.60. The molecule has 0 bridgehead atoms. The fraction of sp³-hybridized carbons (Fsp3) is 0.474. The second-order valence-electron chi connectivity index (χ2n) is 6.95. The normalized spacial score (nSPS) is 11.7. The molecule has 0 fully saturated rings. The number of nitrogens with one attached hydrogen (secondary N) is 2. The first-order valence-electron chi connectivity index (χ1n) is 8.56. The highest BCUT2D eigenvalue weighted by atomic mass is 127. The van der Waals surface area contributed by atoms with Gasteiger partial charge in [0, 0.05) is 38.9 Å². The molecule has 144 valence electrons. The van der Waals surface area contributed by atoms with E-state index in [-0.39, 0.29) is 29.6 Å². The van der Waals surface area contributed by atoms with E-state index in [0.29, 0.717) is 6.54 Å². The minimum Gasteiger partial charge on any atom is -0.488 e. The van der Waals surface area contributed by atoms with Gasteiger partial charge in [-0.15, -0.1) is 24.0 Å². The molecular formula is C19H30IN5O. The molecule has 2 aromatic rings. The zero-order chi connectivity index (χ0) is 18.3. The van der Waals surface area contributed by atoms with Crippen LogP contribution in [0.1, 0.15) is 31.9 Å². The van der Waals surface area contributed by atoms with Crippen LogP contribution in [0.25, 0.3) is 0 Å². The lowest BCUT2D eigenvalue weighted by Gasteiger charge is -2.23. The maximum atomic E-state index is 6.03. The molecule has 0 saturated heterocycles. The Morgan fingerprint density at radius 1 is 1.23 bits per heavy atom. The van der Waals surface area contributed by atoms with Crippen LogP contribution < -0.4 is 15.4 Å². The number of benzene rings is 1. The molecule has 2 rings (SSSR count). The van der Waals surface area contributed by atoms with E-state index in [1.807, 2.05) is 42.3 Å². The SMILES string of the molecule is CN=C(NCCc1cnn(C)c1)NCc1ccccc1OC(C)(C)C.I. The van der Waals surface area contributed by atoms with Gasteiger partial charge in [0.1, 0.15) is 11.4 Å². The summed E-state index contributed by atoms with van der Waals surface area (Å²) >= 11 is 0. The van der Waals surface area contributed by atoms with Gasteiger partial charge < -0.3 is 15.4 Å². The average Bonchev–Trinajstić information content (AvgIpc) is 2.96. The lowest BCUT2D eigenvalue weighted by atomic mass is 10.1. The third kappa shape index (κ3) is 7.63. The Balaban J connectivity index is 0.00000338. The first kappa shape index (κ1) is 22.3. The van der Waals surface area contributed by atoms with Gasteiger partial charge in [0.15, 0.2) is 5.96 Å². The molecule has 7 heteroatoms. The zero-order valence-corrected chi connectivity index (χ0v) is 18.6. The van der Waals surface area contributed by atoms with Gasteiger partial charge in [-0.3, -0.25) is 9.67 Å². The van der Waals surface area contributed by atoms with Gasteiger partial charge in [0.2, 0.25) is 0 Å². The van der Waals surface area contributed by atoms with Crippen molar-refractivity contribution in [2.45, 2.75) is 39.3 Å². The summed E-state index contributed by atoms with van der Waals surface area (Å²) in [6.07, 6.45) is 4.81. The van der Waals surface area contributed by atoms with Gasteiger partial charge in [0.05, 0.1) is 6.20 Å². The average molecular weight is 471 g/mol. The number of para-hydroxylation sites is 1. The van der Waals surface area contributed by atoms with Gasteiger partial charge in [0.25, 0.3) is 0 Å². The molecule has 1 heterocycles. The van der Waals surface area contributed by atoms with E-state index in [9.17, 15) is 0 Å². The van der Waals surface area contributed by atoms with Gasteiger partial charge >= 0.3 is 0 Å². The molecule has 0 spiro atoms. The topological polar surface area (TPSA) is 63.5 Å². The van der Waals surface area contributed by atoms with E-state index in [1.54, 1.807) is 7.05 Å². The van der Waals surface area contributed by atoms with Crippen LogP contribution in [0.15, 0.2) is 41.7 Å². The number of aryl methyl sites for hydroxylation is 1. The second kappa shape index (κ2) is 10.4. The summed E-state index contributed by atoms with van der Waals surface area (Å²) in [4.78, 5) is 4.28. The Morgan fingerprint density at radius 3 is 2.58 bits per heavy atom. The lowest BCUT2D eigenvalue weighted by molar-refractivity contribution is 0.129. The summed E-state index contributed by atoms with van der Waals surface area (Å²) in [6, 6.07) is 8.08. The molecular weight excluding hydrogens is 441 g/mol. The van der Waals surface area contributed by atoms with Crippen molar-refractivity contribution in [1.29, 1.82) is 0 Å². The smallest absolute Gasteiger partial charge is 0.191 e. The van der Waals surface area contributed by atoms with E-state index in [1.165, 1.54) is 5.56 Å². The molecule has 0 aliphatic carbocycles. The maximum absolute atomic E-state index is 6.03. The quantitative estimate of drug-likeness (QED) is 0.386. The van der Waals surface area contributed by atoms with Crippen LogP contribution in [0.4, 0.5) is 0 Å². The van der Waals surface area contributed by atoms with E-state index in [0.717, 1.165) is 30.2 Å². The first-order chi connectivity index (χ1) is 11.9. The van der Waals surface area contributed by atoms with Crippen molar-refractivity contribution in [1.82, 2.24) is 20.4 Å². The number of hydrogen-bond donors (Lipinski definition) is 2. The van der Waals surface area contributed by atoms with Crippen molar-refractivity contribution in [3.05, 3.63) is 47.8 Å². The summed E-state index contributed by atoms with van der Waals surface area (Å²) in [7, 11) is 3.70. The summed E-state index contributed by atoms with van der Waals surface area (Å²) in [5, 5.41) is 10.8. The lowest BCUT2D eigenvalue weighted by Crippen LogP contribution is -2.38. The summed E-state index contributed by atoms with van der Waals surface area (Å²) < 4.78 is 7.84. The maximum Gasteiger partial charge on any atom is 0.191 e. The van der Waals surface area contributed by atoms with Crippen molar-refractivity contribution in [3.8, 4) is 5.75 Å². The van der Waals surface area contributed by atoms with Crippen molar-refractivity contribution in [3.63, 3.8) is 0 Å². The molecule has 26 heavy (non-hydrogen) atoms. The largest absolute Gasteiger partial charge is 0.488 e. The van der Waals surface area contributed by atoms with Crippen LogP contribution in [-0.4, -0.2) is 34.9 Å². The van der Waals surface area contributed by atoms with E-state index >= 15 is 0 Å². The highest BCUT2D eigenvalue weighted by molar-refractivity contribution is 14.0. The number of aromatic nitrogens is 2. The number of halogens is 1. The predicted molar refractivity (Wildman–Crippen MR) is 117 cm³/mol. The summed E-state index contributed by atoms with van der Waals surface area (Å²) in [5.74, 6) is 1.67. The van der Waals surface area contributed by atoms with Crippen LogP contribution in [0.3, 0.4) is 0 Å². The second-order valence-corrected chi connectivity index (χ2v) is 6.95. The minimum atomic E-state index is -0.222. The van der Waals surface area contributed by atoms with Crippen molar-refractivity contribution < 1.29 is 4.74 Å². The number of ether oxygens (including phenoxy) is 1. The molecule has 0 atom stereocenters. The molecule has 6 nitrogen and oxygen atoms in total. The minimum absolute atomic E-state index is 0.